The molecular weight excluding hydrogens is 369 g/mol. The number of nitrogens with zero attached hydrogens (tertiary/aromatic N) is 3. The zero-order valence-corrected chi connectivity index (χ0v) is 14.7. The predicted molar refractivity (Wildman–Crippen MR) is 96.6 cm³/mol. The van der Waals surface area contributed by atoms with Crippen LogP contribution >= 0.6 is 0 Å². The van der Waals surface area contributed by atoms with Crippen LogP contribution in [0.25, 0.3) is 0 Å². The van der Waals surface area contributed by atoms with Crippen LogP contribution in [0, 0.1) is 27.3 Å². The Labute approximate surface area is 159 Å². The Hall–Kier alpha value is -3.67. The van der Waals surface area contributed by atoms with Crippen molar-refractivity contribution in [3.8, 4) is 11.8 Å². The molecule has 3 rings (SSSR count). The summed E-state index contributed by atoms with van der Waals surface area (Å²) in [6.45, 7) is 0.887. The monoisotopic (exact) mass is 385 g/mol. The van der Waals surface area contributed by atoms with Gasteiger partial charge in [-0.1, -0.05) is 0 Å². The minimum Gasteiger partial charge on any atom is -0.429 e. The molecule has 2 aromatic carbocycles. The van der Waals surface area contributed by atoms with Gasteiger partial charge >= 0.3 is 6.16 Å². The Morgan fingerprint density at radius 3 is 2.68 bits per heavy atom. The average molecular weight is 385 g/mol. The Kier molecular flexibility index (Phi) is 5.69. The van der Waals surface area contributed by atoms with Gasteiger partial charge in [-0.05, 0) is 43.2 Å². The van der Waals surface area contributed by atoms with Gasteiger partial charge in [0.15, 0.2) is 0 Å². The smallest absolute Gasteiger partial charge is 0.429 e. The normalized spacial score (nSPS) is 16.1. The third-order valence-corrected chi connectivity index (χ3v) is 4.31. The highest BCUT2D eigenvalue weighted by molar-refractivity contribution is 5.64. The standard InChI is InChI=1S/C19H16FN3O5/c20-17-10-13(11-21)3-8-18(17)22-9-1-2-16(12-22)28-19(24)27-15-6-4-14(5-7-15)23(25)26/h3-8,10,16H,1-2,9,12H2. The van der Waals surface area contributed by atoms with E-state index in [4.69, 9.17) is 14.7 Å². The molecule has 1 fully saturated rings. The van der Waals surface area contributed by atoms with Gasteiger partial charge in [0, 0.05) is 18.7 Å². The summed E-state index contributed by atoms with van der Waals surface area (Å²) in [7, 11) is 0. The number of hydrogen-bond acceptors (Lipinski definition) is 7. The first-order valence-corrected chi connectivity index (χ1v) is 8.54. The Balaban J connectivity index is 1.59. The molecule has 144 valence electrons. The van der Waals surface area contributed by atoms with Gasteiger partial charge in [0.25, 0.3) is 5.69 Å². The molecule has 1 heterocycles. The number of anilines is 1. The molecule has 1 unspecified atom stereocenters. The maximum Gasteiger partial charge on any atom is 0.514 e. The zero-order valence-electron chi connectivity index (χ0n) is 14.7. The second-order valence-electron chi connectivity index (χ2n) is 6.21. The predicted octanol–water partition coefficient (Wildman–Crippen LogP) is 3.79. The summed E-state index contributed by atoms with van der Waals surface area (Å²) >= 11 is 0. The Morgan fingerprint density at radius 2 is 2.04 bits per heavy atom. The van der Waals surface area contributed by atoms with Crippen LogP contribution in [0.5, 0.6) is 5.75 Å². The third-order valence-electron chi connectivity index (χ3n) is 4.31. The topological polar surface area (TPSA) is 106 Å². The van der Waals surface area contributed by atoms with Crippen molar-refractivity contribution < 1.29 is 23.6 Å². The number of nitriles is 1. The first kappa shape index (κ1) is 19.1. The summed E-state index contributed by atoms with van der Waals surface area (Å²) in [5.41, 5.74) is 0.460. The van der Waals surface area contributed by atoms with Crippen LogP contribution in [0.15, 0.2) is 42.5 Å². The van der Waals surface area contributed by atoms with E-state index in [1.165, 1.54) is 42.5 Å². The van der Waals surface area contributed by atoms with Gasteiger partial charge in [0.2, 0.25) is 0 Å². The van der Waals surface area contributed by atoms with Gasteiger partial charge in [-0.2, -0.15) is 5.26 Å². The third kappa shape index (κ3) is 4.54. The lowest BCUT2D eigenvalue weighted by atomic mass is 10.1. The van der Waals surface area contributed by atoms with Crippen molar-refractivity contribution in [2.45, 2.75) is 18.9 Å². The van der Waals surface area contributed by atoms with Crippen LogP contribution in [-0.2, 0) is 4.74 Å². The van der Waals surface area contributed by atoms with Crippen LogP contribution in [-0.4, -0.2) is 30.3 Å². The molecule has 8 nitrogen and oxygen atoms in total. The number of piperidine rings is 1. The Morgan fingerprint density at radius 1 is 1.29 bits per heavy atom. The maximum absolute atomic E-state index is 14.2. The molecule has 0 saturated carbocycles. The summed E-state index contributed by atoms with van der Waals surface area (Å²) in [6, 6.07) is 11.2. The highest BCUT2D eigenvalue weighted by Gasteiger charge is 2.26. The number of carbonyl (C=O) groups excluding carboxylic acids is 1. The van der Waals surface area contributed by atoms with Gasteiger partial charge in [-0.15, -0.1) is 0 Å². The van der Waals surface area contributed by atoms with Crippen molar-refractivity contribution in [2.24, 2.45) is 0 Å². The van der Waals surface area contributed by atoms with E-state index in [1.807, 2.05) is 6.07 Å². The van der Waals surface area contributed by atoms with Crippen molar-refractivity contribution in [3.63, 3.8) is 0 Å². The first-order valence-electron chi connectivity index (χ1n) is 8.54. The summed E-state index contributed by atoms with van der Waals surface area (Å²) < 4.78 is 24.5. The van der Waals surface area contributed by atoms with Crippen molar-refractivity contribution in [2.75, 3.05) is 18.0 Å². The molecule has 0 aliphatic carbocycles. The van der Waals surface area contributed by atoms with E-state index in [-0.39, 0.29) is 23.5 Å². The molecule has 1 aliphatic rings. The highest BCUT2D eigenvalue weighted by Crippen LogP contribution is 2.25. The fourth-order valence-corrected chi connectivity index (χ4v) is 2.98. The zero-order chi connectivity index (χ0) is 20.1. The summed E-state index contributed by atoms with van der Waals surface area (Å²) in [4.78, 5) is 23.8. The molecule has 1 atom stereocenters. The average Bonchev–Trinajstić information content (AvgIpc) is 2.68. The van der Waals surface area contributed by atoms with Crippen LogP contribution in [0.4, 0.5) is 20.6 Å². The molecular formula is C19H16FN3O5. The Bertz CT molecular complexity index is 926. The van der Waals surface area contributed by atoms with Crippen LogP contribution in [0.2, 0.25) is 0 Å². The summed E-state index contributed by atoms with van der Waals surface area (Å²) in [5.74, 6) is -0.380. The number of ether oxygens (including phenoxy) is 2. The number of benzene rings is 2. The number of hydrogen-bond donors (Lipinski definition) is 0. The SMILES string of the molecule is N#Cc1ccc(N2CCCC(OC(=O)Oc3ccc([N+](=O)[O-])cc3)C2)c(F)c1. The molecule has 0 amide bonds. The molecule has 0 bridgehead atoms. The van der Waals surface area contributed by atoms with Crippen LogP contribution < -0.4 is 9.64 Å². The number of halogens is 1. The molecule has 0 N–H and O–H groups in total. The van der Waals surface area contributed by atoms with E-state index in [9.17, 15) is 19.3 Å². The number of nitro groups is 1. The van der Waals surface area contributed by atoms with Gasteiger partial charge in [-0.3, -0.25) is 10.1 Å². The van der Waals surface area contributed by atoms with Crippen molar-refractivity contribution in [1.29, 1.82) is 5.26 Å². The van der Waals surface area contributed by atoms with Crippen molar-refractivity contribution in [1.82, 2.24) is 0 Å². The van der Waals surface area contributed by atoms with E-state index >= 15 is 0 Å². The fraction of sp³-hybridized carbons (Fsp3) is 0.263. The van der Waals surface area contributed by atoms with Gasteiger partial charge < -0.3 is 14.4 Å². The van der Waals surface area contributed by atoms with Gasteiger partial charge in [0.1, 0.15) is 17.7 Å². The molecule has 0 radical (unpaired) electrons. The molecule has 0 spiro atoms. The lowest BCUT2D eigenvalue weighted by Gasteiger charge is -2.33. The number of carbonyl (C=O) groups is 1. The van der Waals surface area contributed by atoms with Crippen LogP contribution in [0.3, 0.4) is 0 Å². The minimum absolute atomic E-state index is 0.118. The van der Waals surface area contributed by atoms with Crippen LogP contribution in [0.1, 0.15) is 18.4 Å². The van der Waals surface area contributed by atoms with E-state index in [2.05, 4.69) is 0 Å². The first-order chi connectivity index (χ1) is 13.5. The lowest BCUT2D eigenvalue weighted by molar-refractivity contribution is -0.384. The van der Waals surface area contributed by atoms with Crippen molar-refractivity contribution in [3.05, 3.63) is 64.0 Å². The van der Waals surface area contributed by atoms with Gasteiger partial charge in [0.05, 0.1) is 28.8 Å². The second-order valence-corrected chi connectivity index (χ2v) is 6.21. The number of non-ortho nitro benzene ring substituents is 1. The lowest BCUT2D eigenvalue weighted by Crippen LogP contribution is -2.41. The molecule has 28 heavy (non-hydrogen) atoms. The molecule has 1 saturated heterocycles. The van der Waals surface area contributed by atoms with Gasteiger partial charge in [-0.25, -0.2) is 9.18 Å². The molecule has 1 aliphatic heterocycles. The van der Waals surface area contributed by atoms with E-state index in [1.54, 1.807) is 4.90 Å². The van der Waals surface area contributed by atoms with E-state index < -0.39 is 23.0 Å². The molecule has 9 heteroatoms. The highest BCUT2D eigenvalue weighted by atomic mass is 19.1. The molecule has 0 aromatic heterocycles. The summed E-state index contributed by atoms with van der Waals surface area (Å²) in [5, 5.41) is 19.5. The minimum atomic E-state index is -0.930. The van der Waals surface area contributed by atoms with Crippen molar-refractivity contribution >= 4 is 17.5 Å². The second kappa shape index (κ2) is 8.35. The fourth-order valence-electron chi connectivity index (χ4n) is 2.98. The molecule has 2 aromatic rings. The maximum atomic E-state index is 14.2. The summed E-state index contributed by atoms with van der Waals surface area (Å²) in [6.07, 6.45) is -0.131. The number of nitro benzene ring substituents is 1. The number of rotatable bonds is 4. The largest absolute Gasteiger partial charge is 0.514 e. The van der Waals surface area contributed by atoms with E-state index in [0.29, 0.717) is 25.1 Å². The van der Waals surface area contributed by atoms with E-state index in [0.717, 1.165) is 0 Å². The quantitative estimate of drug-likeness (QED) is 0.341.